The Kier molecular flexibility index (Phi) is 4.53. The van der Waals surface area contributed by atoms with Crippen molar-refractivity contribution in [1.29, 1.82) is 0 Å². The van der Waals surface area contributed by atoms with Gasteiger partial charge >= 0.3 is 5.97 Å². The van der Waals surface area contributed by atoms with Gasteiger partial charge in [-0.1, -0.05) is 43.2 Å². The molecule has 1 N–H and O–H groups in total. The summed E-state index contributed by atoms with van der Waals surface area (Å²) in [7, 11) is 0. The molecule has 1 amide bonds. The van der Waals surface area contributed by atoms with Crippen LogP contribution in [0.4, 0.5) is 0 Å². The fraction of sp³-hybridized carbons (Fsp3) is 0.429. The molecule has 2 heterocycles. The first-order valence-electron chi connectivity index (χ1n) is 9.39. The minimum atomic E-state index is -0.881. The van der Waals surface area contributed by atoms with Gasteiger partial charge in [0.25, 0.3) is 5.91 Å². The number of aromatic nitrogens is 1. The van der Waals surface area contributed by atoms with Gasteiger partial charge in [0.2, 0.25) is 0 Å². The van der Waals surface area contributed by atoms with Gasteiger partial charge in [-0.3, -0.25) is 4.79 Å². The third kappa shape index (κ3) is 3.02. The molecule has 1 aromatic heterocycles. The van der Waals surface area contributed by atoms with Crippen molar-refractivity contribution in [3.05, 3.63) is 59.9 Å². The third-order valence-corrected chi connectivity index (χ3v) is 5.85. The van der Waals surface area contributed by atoms with Gasteiger partial charge in [0.1, 0.15) is 11.7 Å². The molecule has 0 bridgehead atoms. The number of aliphatic carboxylic acids is 1. The van der Waals surface area contributed by atoms with Gasteiger partial charge in [0, 0.05) is 18.8 Å². The first-order valence-corrected chi connectivity index (χ1v) is 9.39. The zero-order valence-corrected chi connectivity index (χ0v) is 14.8. The van der Waals surface area contributed by atoms with E-state index in [0.717, 1.165) is 31.2 Å². The van der Waals surface area contributed by atoms with Gasteiger partial charge in [-0.05, 0) is 42.9 Å². The Labute approximate surface area is 153 Å². The van der Waals surface area contributed by atoms with E-state index in [-0.39, 0.29) is 11.9 Å². The fourth-order valence-corrected chi connectivity index (χ4v) is 4.63. The largest absolute Gasteiger partial charge is 0.480 e. The summed E-state index contributed by atoms with van der Waals surface area (Å²) < 4.78 is 1.92. The Morgan fingerprint density at radius 2 is 1.81 bits per heavy atom. The minimum absolute atomic E-state index is 0.0671. The van der Waals surface area contributed by atoms with Crippen LogP contribution >= 0.6 is 0 Å². The van der Waals surface area contributed by atoms with Gasteiger partial charge in [0.15, 0.2) is 0 Å². The SMILES string of the molecule is O=C(O)C1CC2CCCCC2N1C(=O)c1cccn1Cc1ccccc1. The van der Waals surface area contributed by atoms with Gasteiger partial charge in [-0.2, -0.15) is 0 Å². The van der Waals surface area contributed by atoms with E-state index < -0.39 is 12.0 Å². The van der Waals surface area contributed by atoms with Crippen molar-refractivity contribution in [3.63, 3.8) is 0 Å². The number of carbonyl (C=O) groups excluding carboxylic acids is 1. The van der Waals surface area contributed by atoms with Crippen LogP contribution in [0.2, 0.25) is 0 Å². The number of carboxylic acid groups (broad SMARTS) is 1. The molecule has 1 saturated carbocycles. The summed E-state index contributed by atoms with van der Waals surface area (Å²) in [5, 5.41) is 9.68. The standard InChI is InChI=1S/C21H24N2O3/c24-20(18-11-6-12-22(18)14-15-7-2-1-3-8-15)23-17-10-5-4-9-16(17)13-19(23)21(25)26/h1-3,6-8,11-12,16-17,19H,4-5,9-10,13-14H2,(H,25,26). The Balaban J connectivity index is 1.62. The minimum Gasteiger partial charge on any atom is -0.480 e. The summed E-state index contributed by atoms with van der Waals surface area (Å²) in [4.78, 5) is 26.8. The first kappa shape index (κ1) is 16.9. The second-order valence-corrected chi connectivity index (χ2v) is 7.42. The van der Waals surface area contributed by atoms with Gasteiger partial charge in [-0.15, -0.1) is 0 Å². The van der Waals surface area contributed by atoms with Gasteiger partial charge in [0.05, 0.1) is 0 Å². The van der Waals surface area contributed by atoms with Gasteiger partial charge in [-0.25, -0.2) is 4.79 Å². The molecular formula is C21H24N2O3. The number of likely N-dealkylation sites (tertiary alicyclic amines) is 1. The number of rotatable bonds is 4. The summed E-state index contributed by atoms with van der Waals surface area (Å²) in [5.74, 6) is -0.701. The number of hydrogen-bond acceptors (Lipinski definition) is 2. The Bertz CT molecular complexity index is 799. The number of fused-ring (bicyclic) bond motifs is 1. The summed E-state index contributed by atoms with van der Waals surface area (Å²) in [6.45, 7) is 0.606. The van der Waals surface area contributed by atoms with E-state index in [2.05, 4.69) is 0 Å². The van der Waals surface area contributed by atoms with E-state index in [4.69, 9.17) is 0 Å². The van der Waals surface area contributed by atoms with Crippen LogP contribution in [-0.4, -0.2) is 38.5 Å². The Hall–Kier alpha value is -2.56. The fourth-order valence-electron chi connectivity index (χ4n) is 4.63. The zero-order valence-electron chi connectivity index (χ0n) is 14.8. The van der Waals surface area contributed by atoms with Crippen LogP contribution in [-0.2, 0) is 11.3 Å². The smallest absolute Gasteiger partial charge is 0.326 e. The molecule has 0 radical (unpaired) electrons. The molecule has 136 valence electrons. The molecule has 2 fully saturated rings. The molecule has 3 atom stereocenters. The molecule has 1 aromatic carbocycles. The Morgan fingerprint density at radius 3 is 2.58 bits per heavy atom. The predicted octanol–water partition coefficient (Wildman–Crippen LogP) is 3.39. The van der Waals surface area contributed by atoms with E-state index in [1.165, 1.54) is 0 Å². The van der Waals surface area contributed by atoms with E-state index in [0.29, 0.717) is 24.6 Å². The number of hydrogen-bond donors (Lipinski definition) is 1. The maximum atomic E-state index is 13.3. The van der Waals surface area contributed by atoms with Crippen molar-refractivity contribution in [3.8, 4) is 0 Å². The van der Waals surface area contributed by atoms with E-state index in [1.807, 2.05) is 47.2 Å². The van der Waals surface area contributed by atoms with Crippen LogP contribution in [0.15, 0.2) is 48.7 Å². The molecule has 1 saturated heterocycles. The molecule has 1 aliphatic heterocycles. The molecule has 1 aliphatic carbocycles. The molecule has 2 aliphatic rings. The van der Waals surface area contributed by atoms with Crippen molar-refractivity contribution in [2.24, 2.45) is 5.92 Å². The van der Waals surface area contributed by atoms with Crippen molar-refractivity contribution in [1.82, 2.24) is 9.47 Å². The van der Waals surface area contributed by atoms with Crippen molar-refractivity contribution < 1.29 is 14.7 Å². The number of benzene rings is 1. The summed E-state index contributed by atoms with van der Waals surface area (Å²) in [5.41, 5.74) is 1.69. The second kappa shape index (κ2) is 6.98. The zero-order chi connectivity index (χ0) is 18.1. The highest BCUT2D eigenvalue weighted by Gasteiger charge is 2.48. The summed E-state index contributed by atoms with van der Waals surface area (Å²) in [6, 6.07) is 13.0. The maximum absolute atomic E-state index is 13.3. The van der Waals surface area contributed by atoms with Crippen LogP contribution in [0.5, 0.6) is 0 Å². The van der Waals surface area contributed by atoms with Crippen molar-refractivity contribution >= 4 is 11.9 Å². The highest BCUT2D eigenvalue weighted by molar-refractivity contribution is 5.96. The van der Waals surface area contributed by atoms with Gasteiger partial charge < -0.3 is 14.6 Å². The molecule has 0 spiro atoms. The number of amides is 1. The molecule has 4 rings (SSSR count). The average molecular weight is 352 g/mol. The lowest BCUT2D eigenvalue weighted by Crippen LogP contribution is -2.46. The molecule has 3 unspecified atom stereocenters. The Morgan fingerprint density at radius 1 is 1.04 bits per heavy atom. The highest BCUT2D eigenvalue weighted by Crippen LogP contribution is 2.40. The molecule has 5 nitrogen and oxygen atoms in total. The lowest BCUT2D eigenvalue weighted by molar-refractivity contribution is -0.141. The van der Waals surface area contributed by atoms with E-state index in [9.17, 15) is 14.7 Å². The van der Waals surface area contributed by atoms with Crippen LogP contribution in [0.25, 0.3) is 0 Å². The van der Waals surface area contributed by atoms with Crippen molar-refractivity contribution in [2.45, 2.75) is 50.7 Å². The molecule has 26 heavy (non-hydrogen) atoms. The quantitative estimate of drug-likeness (QED) is 0.917. The van der Waals surface area contributed by atoms with Crippen LogP contribution < -0.4 is 0 Å². The van der Waals surface area contributed by atoms with Crippen LogP contribution in [0.3, 0.4) is 0 Å². The lowest BCUT2D eigenvalue weighted by Gasteiger charge is -2.33. The van der Waals surface area contributed by atoms with E-state index in [1.54, 1.807) is 11.0 Å². The first-order chi connectivity index (χ1) is 12.6. The third-order valence-electron chi connectivity index (χ3n) is 5.85. The summed E-state index contributed by atoms with van der Waals surface area (Å²) >= 11 is 0. The van der Waals surface area contributed by atoms with Crippen molar-refractivity contribution in [2.75, 3.05) is 0 Å². The average Bonchev–Trinajstić information content (AvgIpc) is 3.26. The van der Waals surface area contributed by atoms with Crippen LogP contribution in [0.1, 0.15) is 48.2 Å². The molecule has 5 heteroatoms. The lowest BCUT2D eigenvalue weighted by atomic mass is 9.84. The number of carboxylic acids is 1. The monoisotopic (exact) mass is 352 g/mol. The number of carbonyl (C=O) groups is 2. The van der Waals surface area contributed by atoms with E-state index >= 15 is 0 Å². The number of nitrogens with zero attached hydrogens (tertiary/aromatic N) is 2. The molecular weight excluding hydrogens is 328 g/mol. The highest BCUT2D eigenvalue weighted by atomic mass is 16.4. The maximum Gasteiger partial charge on any atom is 0.326 e. The van der Waals surface area contributed by atoms with Crippen LogP contribution in [0, 0.1) is 5.92 Å². The molecule has 2 aromatic rings. The second-order valence-electron chi connectivity index (χ2n) is 7.42. The predicted molar refractivity (Wildman–Crippen MR) is 97.9 cm³/mol. The topological polar surface area (TPSA) is 62.5 Å². The normalized spacial score (nSPS) is 25.1. The summed E-state index contributed by atoms with van der Waals surface area (Å²) in [6.07, 6.45) is 6.64.